The van der Waals surface area contributed by atoms with Crippen molar-refractivity contribution in [2.75, 3.05) is 6.54 Å². The van der Waals surface area contributed by atoms with Crippen LogP contribution >= 0.6 is 23.5 Å². The minimum absolute atomic E-state index is 0.312. The van der Waals surface area contributed by atoms with Gasteiger partial charge in [-0.2, -0.15) is 0 Å². The summed E-state index contributed by atoms with van der Waals surface area (Å²) in [5.41, 5.74) is 2.15. The fourth-order valence-electron chi connectivity index (χ4n) is 1.70. The Kier molecular flexibility index (Phi) is 5.69. The van der Waals surface area contributed by atoms with E-state index in [1.807, 2.05) is 18.2 Å². The van der Waals surface area contributed by atoms with Crippen LogP contribution in [-0.4, -0.2) is 28.1 Å². The molecule has 1 aromatic carbocycles. The van der Waals surface area contributed by atoms with Crippen LogP contribution in [0.4, 0.5) is 10.5 Å². The fraction of sp³-hybridized carbons (Fsp3) is 0.357. The molecule has 0 saturated carbocycles. The number of carbonyl (C=O) groups is 2. The predicted molar refractivity (Wildman–Crippen MR) is 89.1 cm³/mol. The van der Waals surface area contributed by atoms with Gasteiger partial charge in [-0.3, -0.25) is 10.1 Å². The monoisotopic (exact) mass is 323 g/mol. The molecular formula is C14H17N3O2S2. The molecule has 1 aliphatic rings. The number of rotatable bonds is 3. The van der Waals surface area contributed by atoms with Crippen LogP contribution in [0.2, 0.25) is 0 Å². The van der Waals surface area contributed by atoms with Crippen molar-refractivity contribution >= 4 is 45.5 Å². The number of nitrogens with zero attached hydrogens (tertiary/aromatic N) is 1. The number of urea groups is 1. The molecule has 0 aliphatic carbocycles. The number of benzene rings is 1. The molecule has 0 spiro atoms. The van der Waals surface area contributed by atoms with E-state index < -0.39 is 6.03 Å². The number of thioether (sulfide) groups is 2. The fourth-order valence-corrected chi connectivity index (χ4v) is 3.88. The minimum Gasteiger partial charge on any atom is -0.338 e. The zero-order chi connectivity index (χ0) is 15.2. The lowest BCUT2D eigenvalue weighted by Crippen LogP contribution is -2.42. The Morgan fingerprint density at radius 3 is 2.95 bits per heavy atom. The lowest BCUT2D eigenvalue weighted by atomic mass is 10.2. The molecule has 112 valence electrons. The maximum Gasteiger partial charge on any atom is 0.321 e. The summed E-state index contributed by atoms with van der Waals surface area (Å²) in [5, 5.41) is 4.48. The Balaban J connectivity index is 1.94. The molecule has 3 amide bonds. The van der Waals surface area contributed by atoms with E-state index in [2.05, 4.69) is 21.7 Å². The molecular weight excluding hydrogens is 306 g/mol. The van der Waals surface area contributed by atoms with Gasteiger partial charge in [0.15, 0.2) is 0 Å². The Morgan fingerprint density at radius 1 is 1.43 bits per heavy atom. The van der Waals surface area contributed by atoms with Crippen LogP contribution in [0.5, 0.6) is 0 Å². The van der Waals surface area contributed by atoms with Crippen molar-refractivity contribution in [2.24, 2.45) is 4.99 Å². The molecule has 0 radical (unpaired) electrons. The maximum absolute atomic E-state index is 11.9. The van der Waals surface area contributed by atoms with Crippen LogP contribution < -0.4 is 10.6 Å². The molecule has 1 atom stereocenters. The van der Waals surface area contributed by atoms with Gasteiger partial charge in [-0.25, -0.2) is 9.79 Å². The van der Waals surface area contributed by atoms with Crippen molar-refractivity contribution in [1.29, 1.82) is 0 Å². The highest BCUT2D eigenvalue weighted by molar-refractivity contribution is 8.39. The zero-order valence-corrected chi connectivity index (χ0v) is 13.5. The van der Waals surface area contributed by atoms with Crippen molar-refractivity contribution in [2.45, 2.75) is 24.9 Å². The topological polar surface area (TPSA) is 70.6 Å². The van der Waals surface area contributed by atoms with Gasteiger partial charge in [-0.1, -0.05) is 41.7 Å². The maximum atomic E-state index is 11.9. The van der Waals surface area contributed by atoms with E-state index in [-0.39, 0.29) is 11.2 Å². The third kappa shape index (κ3) is 4.50. The van der Waals surface area contributed by atoms with Gasteiger partial charge in [-0.15, -0.1) is 0 Å². The molecule has 1 heterocycles. The first-order valence-electron chi connectivity index (χ1n) is 6.65. The second kappa shape index (κ2) is 7.51. The zero-order valence-electron chi connectivity index (χ0n) is 11.9. The third-order valence-electron chi connectivity index (χ3n) is 2.78. The largest absolute Gasteiger partial charge is 0.338 e. The first kappa shape index (κ1) is 15.9. The molecule has 1 aliphatic heterocycles. The van der Waals surface area contributed by atoms with E-state index in [9.17, 15) is 9.59 Å². The van der Waals surface area contributed by atoms with Crippen molar-refractivity contribution in [3.05, 3.63) is 29.8 Å². The van der Waals surface area contributed by atoms with Crippen molar-refractivity contribution in [1.82, 2.24) is 10.6 Å². The van der Waals surface area contributed by atoms with Gasteiger partial charge in [0.1, 0.15) is 4.38 Å². The number of amides is 3. The minimum atomic E-state index is -0.460. The smallest absolute Gasteiger partial charge is 0.321 e. The van der Waals surface area contributed by atoms with E-state index in [4.69, 9.17) is 0 Å². The number of fused-ring (bicyclic) bond motifs is 1. The molecule has 2 rings (SSSR count). The quantitative estimate of drug-likeness (QED) is 0.897. The molecule has 0 unspecified atom stereocenters. The summed E-state index contributed by atoms with van der Waals surface area (Å²) < 4.78 is 0.854. The van der Waals surface area contributed by atoms with E-state index in [0.29, 0.717) is 6.54 Å². The van der Waals surface area contributed by atoms with E-state index in [1.165, 1.54) is 17.3 Å². The number of para-hydroxylation sites is 1. The van der Waals surface area contributed by atoms with Crippen LogP contribution in [0.25, 0.3) is 0 Å². The van der Waals surface area contributed by atoms with Gasteiger partial charge < -0.3 is 5.32 Å². The van der Waals surface area contributed by atoms with Crippen LogP contribution in [0.15, 0.2) is 29.3 Å². The normalized spacial score (nSPS) is 14.7. The number of nitrogens with one attached hydrogen (secondary N) is 2. The summed E-state index contributed by atoms with van der Waals surface area (Å²) in [6.45, 7) is 4.05. The highest BCUT2D eigenvalue weighted by atomic mass is 32.2. The lowest BCUT2D eigenvalue weighted by Gasteiger charge is -2.17. The summed E-state index contributed by atoms with van der Waals surface area (Å²) in [6.07, 6.45) is 0. The Labute approximate surface area is 132 Å². The molecule has 21 heavy (non-hydrogen) atoms. The summed E-state index contributed by atoms with van der Waals surface area (Å²) in [7, 11) is 0. The number of aliphatic imine (C=N–C) groups is 1. The summed E-state index contributed by atoms with van der Waals surface area (Å²) in [4.78, 5) is 27.8. The van der Waals surface area contributed by atoms with Crippen LogP contribution in [0, 0.1) is 0 Å². The Morgan fingerprint density at radius 2 is 2.19 bits per heavy atom. The van der Waals surface area contributed by atoms with Crippen molar-refractivity contribution in [3.63, 3.8) is 0 Å². The second-order valence-electron chi connectivity index (χ2n) is 4.40. The molecule has 0 fully saturated rings. The van der Waals surface area contributed by atoms with E-state index in [1.54, 1.807) is 25.6 Å². The summed E-state index contributed by atoms with van der Waals surface area (Å²) in [6, 6.07) is 7.51. The molecule has 0 saturated heterocycles. The first-order chi connectivity index (χ1) is 10.1. The SMILES string of the molecule is CCNC(=O)NC(=O)[C@@H](C)SC1=Nc2ccccc2CS1. The lowest BCUT2D eigenvalue weighted by molar-refractivity contribution is -0.119. The Bertz CT molecular complexity index is 575. The average molecular weight is 323 g/mol. The van der Waals surface area contributed by atoms with Gasteiger partial charge >= 0.3 is 6.03 Å². The molecule has 0 bridgehead atoms. The van der Waals surface area contributed by atoms with Gasteiger partial charge in [0, 0.05) is 12.3 Å². The highest BCUT2D eigenvalue weighted by Gasteiger charge is 2.21. The van der Waals surface area contributed by atoms with Crippen LogP contribution in [0.3, 0.4) is 0 Å². The van der Waals surface area contributed by atoms with Crippen molar-refractivity contribution in [3.8, 4) is 0 Å². The van der Waals surface area contributed by atoms with Gasteiger partial charge in [0.05, 0.1) is 10.9 Å². The number of hydrogen-bond donors (Lipinski definition) is 2. The molecule has 2 N–H and O–H groups in total. The second-order valence-corrected chi connectivity index (χ2v) is 6.96. The predicted octanol–water partition coefficient (Wildman–Crippen LogP) is 2.89. The average Bonchev–Trinajstić information content (AvgIpc) is 2.47. The third-order valence-corrected chi connectivity index (χ3v) is 5.07. The summed E-state index contributed by atoms with van der Waals surface area (Å²) in [5.74, 6) is 0.542. The molecule has 5 nitrogen and oxygen atoms in total. The standard InChI is InChI=1S/C14H17N3O2S2/c1-3-15-13(19)17-12(18)9(2)21-14-16-11-7-5-4-6-10(11)8-20-14/h4-7,9H,3,8H2,1-2H3,(H2,15,17,18,19)/t9-/m1/s1. The first-order valence-corrected chi connectivity index (χ1v) is 8.51. The van der Waals surface area contributed by atoms with Crippen LogP contribution in [-0.2, 0) is 10.5 Å². The van der Waals surface area contributed by atoms with Gasteiger partial charge in [-0.05, 0) is 25.5 Å². The highest BCUT2D eigenvalue weighted by Crippen LogP contribution is 2.35. The number of imide groups is 1. The molecule has 7 heteroatoms. The summed E-state index contributed by atoms with van der Waals surface area (Å²) >= 11 is 2.99. The number of carbonyl (C=O) groups excluding carboxylic acids is 2. The number of hydrogen-bond acceptors (Lipinski definition) is 5. The van der Waals surface area contributed by atoms with Gasteiger partial charge in [0.2, 0.25) is 5.91 Å². The van der Waals surface area contributed by atoms with Crippen molar-refractivity contribution < 1.29 is 9.59 Å². The van der Waals surface area contributed by atoms with Gasteiger partial charge in [0.25, 0.3) is 0 Å². The molecule has 0 aromatic heterocycles. The van der Waals surface area contributed by atoms with Crippen LogP contribution in [0.1, 0.15) is 19.4 Å². The molecule has 1 aromatic rings. The Hall–Kier alpha value is -1.47. The van der Waals surface area contributed by atoms with E-state index >= 15 is 0 Å². The van der Waals surface area contributed by atoms with E-state index in [0.717, 1.165) is 15.8 Å².